The SMILES string of the molecule is CC[C@@H](C(=O)O)N(C)Cc1ccccc1Br. The van der Waals surface area contributed by atoms with Crippen molar-refractivity contribution >= 4 is 21.9 Å². The molecule has 0 radical (unpaired) electrons. The van der Waals surface area contributed by atoms with E-state index in [0.717, 1.165) is 10.0 Å². The molecule has 0 fully saturated rings. The molecule has 0 unspecified atom stereocenters. The van der Waals surface area contributed by atoms with Crippen LogP contribution in [0.25, 0.3) is 0 Å². The third-order valence-corrected chi connectivity index (χ3v) is 3.36. The maximum atomic E-state index is 11.0. The van der Waals surface area contributed by atoms with Crippen molar-refractivity contribution in [2.45, 2.75) is 25.9 Å². The Kier molecular flexibility index (Phi) is 4.96. The normalized spacial score (nSPS) is 12.8. The summed E-state index contributed by atoms with van der Waals surface area (Å²) in [5, 5.41) is 9.04. The lowest BCUT2D eigenvalue weighted by atomic mass is 10.1. The number of aliphatic carboxylic acids is 1. The van der Waals surface area contributed by atoms with Crippen molar-refractivity contribution in [3.63, 3.8) is 0 Å². The molecule has 3 nitrogen and oxygen atoms in total. The molecule has 1 aromatic carbocycles. The average molecular weight is 286 g/mol. The Hall–Kier alpha value is -0.870. The monoisotopic (exact) mass is 285 g/mol. The first-order valence-corrected chi connectivity index (χ1v) is 6.02. The van der Waals surface area contributed by atoms with E-state index in [1.54, 1.807) is 0 Å². The van der Waals surface area contributed by atoms with Crippen LogP contribution in [0.3, 0.4) is 0 Å². The van der Waals surface area contributed by atoms with Gasteiger partial charge in [-0.2, -0.15) is 0 Å². The minimum Gasteiger partial charge on any atom is -0.480 e. The van der Waals surface area contributed by atoms with Crippen LogP contribution in [0.2, 0.25) is 0 Å². The molecule has 0 spiro atoms. The molecule has 0 aliphatic heterocycles. The van der Waals surface area contributed by atoms with Gasteiger partial charge in [0.15, 0.2) is 0 Å². The van der Waals surface area contributed by atoms with E-state index in [2.05, 4.69) is 15.9 Å². The number of carboxylic acids is 1. The average Bonchev–Trinajstić information content (AvgIpc) is 2.22. The summed E-state index contributed by atoms with van der Waals surface area (Å²) in [6.07, 6.45) is 0.607. The van der Waals surface area contributed by atoms with E-state index >= 15 is 0 Å². The topological polar surface area (TPSA) is 40.5 Å². The molecule has 1 N–H and O–H groups in total. The van der Waals surface area contributed by atoms with Gasteiger partial charge >= 0.3 is 5.97 Å². The van der Waals surface area contributed by atoms with Crippen LogP contribution < -0.4 is 0 Å². The summed E-state index contributed by atoms with van der Waals surface area (Å²) in [6.45, 7) is 2.52. The number of hydrogen-bond donors (Lipinski definition) is 1. The summed E-state index contributed by atoms with van der Waals surface area (Å²) < 4.78 is 1.02. The van der Waals surface area contributed by atoms with Crippen LogP contribution >= 0.6 is 15.9 Å². The van der Waals surface area contributed by atoms with Gasteiger partial charge in [-0.25, -0.2) is 0 Å². The van der Waals surface area contributed by atoms with Crippen molar-refractivity contribution in [3.8, 4) is 0 Å². The maximum absolute atomic E-state index is 11.0. The highest BCUT2D eigenvalue weighted by molar-refractivity contribution is 9.10. The largest absolute Gasteiger partial charge is 0.480 e. The highest BCUT2D eigenvalue weighted by Crippen LogP contribution is 2.18. The molecule has 0 bridgehead atoms. The van der Waals surface area contributed by atoms with Gasteiger partial charge in [0.1, 0.15) is 6.04 Å². The first-order valence-electron chi connectivity index (χ1n) is 5.22. The zero-order chi connectivity index (χ0) is 12.1. The van der Waals surface area contributed by atoms with E-state index in [0.29, 0.717) is 13.0 Å². The van der Waals surface area contributed by atoms with Crippen molar-refractivity contribution in [2.75, 3.05) is 7.05 Å². The van der Waals surface area contributed by atoms with Gasteiger partial charge in [-0.1, -0.05) is 41.1 Å². The van der Waals surface area contributed by atoms with Crippen LogP contribution in [0.4, 0.5) is 0 Å². The molecule has 1 atom stereocenters. The van der Waals surface area contributed by atoms with Gasteiger partial charge in [-0.3, -0.25) is 9.69 Å². The van der Waals surface area contributed by atoms with Crippen molar-refractivity contribution < 1.29 is 9.90 Å². The molecule has 0 aromatic heterocycles. The zero-order valence-corrected chi connectivity index (χ0v) is 11.1. The summed E-state index contributed by atoms with van der Waals surface area (Å²) in [5.74, 6) is -0.767. The number of carboxylic acid groups (broad SMARTS) is 1. The fraction of sp³-hybridized carbons (Fsp3) is 0.417. The van der Waals surface area contributed by atoms with E-state index in [-0.39, 0.29) is 0 Å². The molecule has 0 saturated carbocycles. The molecule has 0 amide bonds. The molecule has 0 heterocycles. The summed E-state index contributed by atoms with van der Waals surface area (Å²) in [5.41, 5.74) is 1.10. The van der Waals surface area contributed by atoms with Crippen LogP contribution in [0.5, 0.6) is 0 Å². The molecular weight excluding hydrogens is 270 g/mol. The lowest BCUT2D eigenvalue weighted by Crippen LogP contribution is -2.37. The van der Waals surface area contributed by atoms with E-state index in [1.165, 1.54) is 0 Å². The Labute approximate surface area is 104 Å². The molecule has 16 heavy (non-hydrogen) atoms. The van der Waals surface area contributed by atoms with Crippen molar-refractivity contribution in [1.29, 1.82) is 0 Å². The Morgan fingerprint density at radius 1 is 1.50 bits per heavy atom. The Morgan fingerprint density at radius 3 is 2.62 bits per heavy atom. The lowest BCUT2D eigenvalue weighted by molar-refractivity contribution is -0.143. The molecule has 0 aliphatic carbocycles. The minimum absolute atomic E-state index is 0.424. The Bertz CT molecular complexity index is 368. The second-order valence-corrected chi connectivity index (χ2v) is 4.62. The number of nitrogens with zero attached hydrogens (tertiary/aromatic N) is 1. The number of benzene rings is 1. The van der Waals surface area contributed by atoms with Crippen LogP contribution in [0.1, 0.15) is 18.9 Å². The highest BCUT2D eigenvalue weighted by Gasteiger charge is 2.20. The standard InChI is InChI=1S/C12H16BrNO2/c1-3-11(12(15)16)14(2)8-9-6-4-5-7-10(9)13/h4-7,11H,3,8H2,1-2H3,(H,15,16)/t11-/m0/s1. The van der Waals surface area contributed by atoms with E-state index in [9.17, 15) is 4.79 Å². The Morgan fingerprint density at radius 2 is 2.12 bits per heavy atom. The lowest BCUT2D eigenvalue weighted by Gasteiger charge is -2.23. The van der Waals surface area contributed by atoms with Gasteiger partial charge in [0.2, 0.25) is 0 Å². The smallest absolute Gasteiger partial charge is 0.320 e. The summed E-state index contributed by atoms with van der Waals surface area (Å²) in [6, 6.07) is 7.43. The van der Waals surface area contributed by atoms with E-state index < -0.39 is 12.0 Å². The fourth-order valence-electron chi connectivity index (χ4n) is 1.68. The van der Waals surface area contributed by atoms with Crippen LogP contribution in [0.15, 0.2) is 28.7 Å². The molecule has 1 rings (SSSR count). The van der Waals surface area contributed by atoms with Crippen LogP contribution in [0, 0.1) is 0 Å². The summed E-state index contributed by atoms with van der Waals surface area (Å²) in [7, 11) is 1.84. The maximum Gasteiger partial charge on any atom is 0.320 e. The quantitative estimate of drug-likeness (QED) is 0.904. The highest BCUT2D eigenvalue weighted by atomic mass is 79.9. The number of likely N-dealkylation sites (N-methyl/N-ethyl adjacent to an activating group) is 1. The van der Waals surface area contributed by atoms with Gasteiger partial charge in [-0.05, 0) is 25.1 Å². The van der Waals surface area contributed by atoms with Gasteiger partial charge in [0.05, 0.1) is 0 Å². The molecule has 88 valence electrons. The van der Waals surface area contributed by atoms with Crippen molar-refractivity contribution in [1.82, 2.24) is 4.90 Å². The van der Waals surface area contributed by atoms with Crippen molar-refractivity contribution in [3.05, 3.63) is 34.3 Å². The molecule has 0 saturated heterocycles. The molecule has 1 aromatic rings. The van der Waals surface area contributed by atoms with Crippen LogP contribution in [-0.2, 0) is 11.3 Å². The van der Waals surface area contributed by atoms with Crippen LogP contribution in [-0.4, -0.2) is 29.1 Å². The van der Waals surface area contributed by atoms with Gasteiger partial charge in [0.25, 0.3) is 0 Å². The van der Waals surface area contributed by atoms with E-state index in [1.807, 2.05) is 43.1 Å². The minimum atomic E-state index is -0.767. The number of hydrogen-bond acceptors (Lipinski definition) is 2. The molecule has 0 aliphatic rings. The zero-order valence-electron chi connectivity index (χ0n) is 9.48. The number of halogens is 1. The van der Waals surface area contributed by atoms with Crippen molar-refractivity contribution in [2.24, 2.45) is 0 Å². The predicted molar refractivity (Wildman–Crippen MR) is 67.3 cm³/mol. The number of carbonyl (C=O) groups is 1. The second kappa shape index (κ2) is 6.01. The Balaban J connectivity index is 2.74. The van der Waals surface area contributed by atoms with Gasteiger partial charge in [0, 0.05) is 11.0 Å². The first kappa shape index (κ1) is 13.2. The third kappa shape index (κ3) is 3.32. The third-order valence-electron chi connectivity index (χ3n) is 2.58. The first-order chi connectivity index (χ1) is 7.56. The summed E-state index contributed by atoms with van der Waals surface area (Å²) >= 11 is 3.46. The van der Waals surface area contributed by atoms with Gasteiger partial charge < -0.3 is 5.11 Å². The number of rotatable bonds is 5. The predicted octanol–water partition coefficient (Wildman–Crippen LogP) is 2.74. The molecule has 4 heteroatoms. The molecular formula is C12H16BrNO2. The second-order valence-electron chi connectivity index (χ2n) is 3.77. The van der Waals surface area contributed by atoms with E-state index in [4.69, 9.17) is 5.11 Å². The summed E-state index contributed by atoms with van der Waals surface area (Å²) in [4.78, 5) is 12.8. The van der Waals surface area contributed by atoms with Gasteiger partial charge in [-0.15, -0.1) is 0 Å². The fourth-order valence-corrected chi connectivity index (χ4v) is 2.09.